The molecule has 0 aliphatic rings. The molecule has 1 heterocycles. The van der Waals surface area contributed by atoms with Crippen molar-refractivity contribution < 1.29 is 4.79 Å². The summed E-state index contributed by atoms with van der Waals surface area (Å²) in [5.74, 6) is 0.680. The number of carbonyl (C=O) groups excluding carboxylic acids is 1. The van der Waals surface area contributed by atoms with E-state index in [1.165, 1.54) is 6.20 Å². The maximum Gasteiger partial charge on any atom is 0.257 e. The van der Waals surface area contributed by atoms with Crippen molar-refractivity contribution in [2.75, 3.05) is 0 Å². The number of rotatable bonds is 3. The third kappa shape index (κ3) is 1.89. The molecule has 0 atom stereocenters. The summed E-state index contributed by atoms with van der Waals surface area (Å²) in [7, 11) is 0. The van der Waals surface area contributed by atoms with Gasteiger partial charge in [-0.3, -0.25) is 9.36 Å². The van der Waals surface area contributed by atoms with Gasteiger partial charge in [-0.25, -0.2) is 4.98 Å². The molecule has 4 heteroatoms. The Morgan fingerprint density at radius 1 is 1.57 bits per heavy atom. The van der Waals surface area contributed by atoms with Gasteiger partial charge >= 0.3 is 0 Å². The predicted molar refractivity (Wildman–Crippen MR) is 53.4 cm³/mol. The van der Waals surface area contributed by atoms with E-state index in [1.54, 1.807) is 11.5 Å². The number of aromatic nitrogens is 2. The molecule has 0 bridgehead atoms. The van der Waals surface area contributed by atoms with Gasteiger partial charge in [0.1, 0.15) is 12.1 Å². The highest BCUT2D eigenvalue weighted by Crippen LogP contribution is 2.03. The third-order valence-electron chi connectivity index (χ3n) is 2.07. The van der Waals surface area contributed by atoms with Crippen LogP contribution in [0.1, 0.15) is 31.3 Å². The molecule has 0 aliphatic heterocycles. The van der Waals surface area contributed by atoms with Crippen LogP contribution in [0.25, 0.3) is 0 Å². The molecule has 0 aliphatic carbocycles. The highest BCUT2D eigenvalue weighted by molar-refractivity contribution is 5.54. The normalized spacial score (nSPS) is 10.6. The molecule has 0 saturated heterocycles. The average molecular weight is 194 g/mol. The van der Waals surface area contributed by atoms with Crippen molar-refractivity contribution in [3.05, 3.63) is 27.9 Å². The molecule has 0 N–H and O–H groups in total. The van der Waals surface area contributed by atoms with E-state index in [9.17, 15) is 9.59 Å². The molecule has 0 radical (unpaired) electrons. The summed E-state index contributed by atoms with van der Waals surface area (Å²) in [5.41, 5.74) is 0.346. The van der Waals surface area contributed by atoms with Crippen LogP contribution in [0.3, 0.4) is 0 Å². The molecular weight excluding hydrogens is 180 g/mol. The Kier molecular flexibility index (Phi) is 3.17. The Hall–Kier alpha value is -1.45. The van der Waals surface area contributed by atoms with Gasteiger partial charge in [0, 0.05) is 24.2 Å². The number of hydrogen-bond acceptors (Lipinski definition) is 3. The molecule has 0 saturated carbocycles. The maximum absolute atomic E-state index is 11.8. The van der Waals surface area contributed by atoms with Crippen molar-refractivity contribution in [1.82, 2.24) is 9.55 Å². The number of hydrogen-bond donors (Lipinski definition) is 0. The lowest BCUT2D eigenvalue weighted by atomic mass is 10.2. The highest BCUT2D eigenvalue weighted by atomic mass is 16.1. The lowest BCUT2D eigenvalue weighted by Crippen LogP contribution is -2.28. The zero-order valence-corrected chi connectivity index (χ0v) is 8.65. The van der Waals surface area contributed by atoms with Gasteiger partial charge in [0.05, 0.1) is 0 Å². The summed E-state index contributed by atoms with van der Waals surface area (Å²) in [6.45, 7) is 5.62. The molecule has 0 amide bonds. The van der Waals surface area contributed by atoms with Crippen molar-refractivity contribution in [3.8, 4) is 0 Å². The van der Waals surface area contributed by atoms with Crippen molar-refractivity contribution in [1.29, 1.82) is 0 Å². The van der Waals surface area contributed by atoms with Gasteiger partial charge < -0.3 is 4.79 Å². The first kappa shape index (κ1) is 10.6. The summed E-state index contributed by atoms with van der Waals surface area (Å²) in [4.78, 5) is 26.2. The van der Waals surface area contributed by atoms with Crippen LogP contribution in [0.15, 0.2) is 11.0 Å². The quantitative estimate of drug-likeness (QED) is 0.671. The molecule has 0 fully saturated rings. The fourth-order valence-corrected chi connectivity index (χ4v) is 1.43. The third-order valence-corrected chi connectivity index (χ3v) is 2.07. The number of nitrogens with zero attached hydrogens (tertiary/aromatic N) is 2. The van der Waals surface area contributed by atoms with E-state index >= 15 is 0 Å². The van der Waals surface area contributed by atoms with Crippen LogP contribution in [-0.2, 0) is 11.2 Å². The molecule has 1 aromatic rings. The molecule has 0 spiro atoms. The van der Waals surface area contributed by atoms with Crippen molar-refractivity contribution in [2.45, 2.75) is 33.2 Å². The van der Waals surface area contributed by atoms with E-state index in [4.69, 9.17) is 0 Å². The second kappa shape index (κ2) is 4.17. The lowest BCUT2D eigenvalue weighted by Gasteiger charge is -2.13. The van der Waals surface area contributed by atoms with Gasteiger partial charge in [0.25, 0.3) is 5.56 Å². The molecule has 0 unspecified atom stereocenters. The first-order chi connectivity index (χ1) is 6.57. The smallest absolute Gasteiger partial charge is 0.257 e. The average Bonchev–Trinajstić information content (AvgIpc) is 2.10. The van der Waals surface area contributed by atoms with Crippen LogP contribution >= 0.6 is 0 Å². The topological polar surface area (TPSA) is 52.0 Å². The fraction of sp³-hybridized carbons (Fsp3) is 0.500. The molecule has 0 aromatic carbocycles. The summed E-state index contributed by atoms with van der Waals surface area (Å²) < 4.78 is 1.60. The van der Waals surface area contributed by atoms with Crippen LogP contribution in [-0.4, -0.2) is 15.8 Å². The molecular formula is C10H14N2O2. The summed E-state index contributed by atoms with van der Waals surface area (Å²) in [6, 6.07) is 0.0709. The van der Waals surface area contributed by atoms with E-state index in [-0.39, 0.29) is 18.0 Å². The summed E-state index contributed by atoms with van der Waals surface area (Å²) in [6.07, 6.45) is 2.34. The fourth-order valence-electron chi connectivity index (χ4n) is 1.43. The van der Waals surface area contributed by atoms with Crippen LogP contribution < -0.4 is 5.56 Å². The summed E-state index contributed by atoms with van der Waals surface area (Å²) >= 11 is 0. The summed E-state index contributed by atoms with van der Waals surface area (Å²) in [5, 5.41) is 0. The van der Waals surface area contributed by atoms with E-state index in [0.717, 1.165) is 6.29 Å². The second-order valence-corrected chi connectivity index (χ2v) is 3.47. The lowest BCUT2D eigenvalue weighted by molar-refractivity contribution is -0.107. The molecule has 1 aromatic heterocycles. The maximum atomic E-state index is 11.8. The monoisotopic (exact) mass is 194 g/mol. The van der Waals surface area contributed by atoms with E-state index < -0.39 is 0 Å². The van der Waals surface area contributed by atoms with Crippen molar-refractivity contribution in [2.24, 2.45) is 0 Å². The van der Waals surface area contributed by atoms with E-state index in [1.807, 2.05) is 13.8 Å². The van der Waals surface area contributed by atoms with E-state index in [2.05, 4.69) is 4.98 Å². The zero-order chi connectivity index (χ0) is 10.7. The SMILES string of the molecule is Cc1ncc(CC=O)c(=O)n1C(C)C. The van der Waals surface area contributed by atoms with Gasteiger partial charge in [-0.1, -0.05) is 0 Å². The Labute approximate surface area is 82.6 Å². The number of aryl methyl sites for hydroxylation is 1. The Morgan fingerprint density at radius 2 is 2.21 bits per heavy atom. The van der Waals surface area contributed by atoms with Gasteiger partial charge in [0.15, 0.2) is 0 Å². The largest absolute Gasteiger partial charge is 0.303 e. The van der Waals surface area contributed by atoms with Crippen LogP contribution in [0.2, 0.25) is 0 Å². The molecule has 76 valence electrons. The minimum Gasteiger partial charge on any atom is -0.303 e. The van der Waals surface area contributed by atoms with Gasteiger partial charge in [0.2, 0.25) is 0 Å². The Morgan fingerprint density at radius 3 is 2.71 bits per heavy atom. The van der Waals surface area contributed by atoms with Crippen LogP contribution in [0.5, 0.6) is 0 Å². The molecule has 4 nitrogen and oxygen atoms in total. The van der Waals surface area contributed by atoms with E-state index in [0.29, 0.717) is 11.4 Å². The predicted octanol–water partition coefficient (Wildman–Crippen LogP) is 0.874. The number of aldehydes is 1. The second-order valence-electron chi connectivity index (χ2n) is 3.47. The molecule has 14 heavy (non-hydrogen) atoms. The zero-order valence-electron chi connectivity index (χ0n) is 8.65. The first-order valence-corrected chi connectivity index (χ1v) is 4.58. The Bertz CT molecular complexity index is 394. The Balaban J connectivity index is 3.33. The minimum absolute atomic E-state index is 0.0709. The van der Waals surface area contributed by atoms with Crippen molar-refractivity contribution >= 4 is 6.29 Å². The van der Waals surface area contributed by atoms with Crippen LogP contribution in [0.4, 0.5) is 0 Å². The van der Waals surface area contributed by atoms with Gasteiger partial charge in [-0.05, 0) is 20.8 Å². The minimum atomic E-state index is -0.111. The van der Waals surface area contributed by atoms with Crippen molar-refractivity contribution in [3.63, 3.8) is 0 Å². The van der Waals surface area contributed by atoms with Gasteiger partial charge in [-0.15, -0.1) is 0 Å². The first-order valence-electron chi connectivity index (χ1n) is 4.58. The highest BCUT2D eigenvalue weighted by Gasteiger charge is 2.09. The standard InChI is InChI=1S/C10H14N2O2/c1-7(2)12-8(3)11-6-9(4-5-13)10(12)14/h5-7H,4H2,1-3H3. The molecule has 1 rings (SSSR count). The van der Waals surface area contributed by atoms with Crippen LogP contribution in [0, 0.1) is 6.92 Å². The van der Waals surface area contributed by atoms with Gasteiger partial charge in [-0.2, -0.15) is 0 Å². The number of carbonyl (C=O) groups is 1.